The molecule has 0 unspecified atom stereocenters. The van der Waals surface area contributed by atoms with Gasteiger partial charge in [0, 0.05) is 0 Å². The topological polar surface area (TPSA) is 77.4 Å². The van der Waals surface area contributed by atoms with Gasteiger partial charge in [-0.3, -0.25) is 4.55 Å². The zero-order chi connectivity index (χ0) is 23.4. The van der Waals surface area contributed by atoms with Crippen LogP contribution in [0.5, 0.6) is 0 Å². The molecule has 2 rings (SSSR count). The van der Waals surface area contributed by atoms with Crippen molar-refractivity contribution in [2.75, 3.05) is 20.6 Å². The summed E-state index contributed by atoms with van der Waals surface area (Å²) in [6, 6.07) is 18.8. The molecule has 0 aliphatic heterocycles. The van der Waals surface area contributed by atoms with E-state index in [1.165, 1.54) is 82.9 Å². The van der Waals surface area contributed by atoms with Crippen LogP contribution < -0.4 is 0 Å². The molecule has 32 heavy (non-hydrogen) atoms. The predicted molar refractivity (Wildman–Crippen MR) is 129 cm³/mol. The summed E-state index contributed by atoms with van der Waals surface area (Å²) in [5, 5.41) is 0. The van der Waals surface area contributed by atoms with Gasteiger partial charge in [0.15, 0.2) is 0 Å². The number of rotatable bonds is 13. The third kappa shape index (κ3) is 27.1. The van der Waals surface area contributed by atoms with Gasteiger partial charge in [-0.1, -0.05) is 58.3 Å². The number of hydrogen-bond acceptors (Lipinski definition) is 3. The molecule has 0 saturated carbocycles. The Morgan fingerprint density at radius 1 is 0.875 bits per heavy atom. The van der Waals surface area contributed by atoms with E-state index in [4.69, 9.17) is 17.5 Å². The normalized spacial score (nSPS) is 10.9. The van der Waals surface area contributed by atoms with Crippen LogP contribution in [0.3, 0.4) is 0 Å². The van der Waals surface area contributed by atoms with E-state index in [2.05, 4.69) is 45.3 Å². The molecule has 2 aromatic rings. The largest absolute Gasteiger partial charge is 2.00 e. The van der Waals surface area contributed by atoms with E-state index in [9.17, 15) is 0 Å². The van der Waals surface area contributed by atoms with Crippen LogP contribution in [0.25, 0.3) is 0 Å². The van der Waals surface area contributed by atoms with Crippen LogP contribution in [0.15, 0.2) is 54.6 Å². The Bertz CT molecular complexity index is 673. The van der Waals surface area contributed by atoms with Gasteiger partial charge in [-0.05, 0) is 12.8 Å². The fourth-order valence-corrected chi connectivity index (χ4v) is 3.44. The molecule has 0 fully saturated rings. The maximum Gasteiger partial charge on any atom is 2.00 e. The summed E-state index contributed by atoms with van der Waals surface area (Å²) >= 11 is 0. The number of nitrogens with zero attached hydrogens (tertiary/aromatic N) is 1. The molecule has 0 amide bonds. The molecule has 0 aliphatic rings. The summed E-state index contributed by atoms with van der Waals surface area (Å²) in [6.45, 7) is 4.77. The Hall–Kier alpha value is -0.951. The minimum Gasteiger partial charge on any atom is -0.726 e. The van der Waals surface area contributed by atoms with E-state index < -0.39 is 10.4 Å². The number of hydrogen-bond donors (Lipinski definition) is 1. The molecule has 7 heteroatoms. The Morgan fingerprint density at radius 2 is 1.34 bits per heavy atom. The Kier molecular flexibility index (Phi) is 21.4. The van der Waals surface area contributed by atoms with E-state index >= 15 is 0 Å². The first-order chi connectivity index (χ1) is 14.6. The second-order valence-corrected chi connectivity index (χ2v) is 9.54. The molecule has 186 valence electrons. The molecule has 0 radical (unpaired) electrons. The van der Waals surface area contributed by atoms with Crippen molar-refractivity contribution in [1.82, 2.24) is 0 Å². The van der Waals surface area contributed by atoms with Crippen molar-refractivity contribution in [3.63, 3.8) is 0 Å². The first kappa shape index (κ1) is 33.2. The van der Waals surface area contributed by atoms with Crippen LogP contribution in [0.4, 0.5) is 0 Å². The molecular formula is C25H43FeNO4S. The maximum atomic E-state index is 8.63. The minimum atomic E-state index is -4.92. The van der Waals surface area contributed by atoms with Crippen molar-refractivity contribution in [2.45, 2.75) is 77.7 Å². The molecule has 2 aromatic carbocycles. The van der Waals surface area contributed by atoms with E-state index in [1.54, 1.807) is 0 Å². The smallest absolute Gasteiger partial charge is 0.726 e. The van der Waals surface area contributed by atoms with Gasteiger partial charge >= 0.3 is 17.1 Å². The summed E-state index contributed by atoms with van der Waals surface area (Å²) in [7, 11) is -0.193. The second kappa shape index (κ2) is 20.6. The molecule has 0 spiro atoms. The molecule has 5 nitrogen and oxygen atoms in total. The van der Waals surface area contributed by atoms with E-state index in [0.717, 1.165) is 4.48 Å². The first-order valence-electron chi connectivity index (χ1n) is 11.5. The first-order valence-corrected chi connectivity index (χ1v) is 12.9. The fraction of sp³-hybridized carbons (Fsp3) is 0.600. The van der Waals surface area contributed by atoms with Gasteiger partial charge in [0.05, 0.1) is 27.2 Å². The van der Waals surface area contributed by atoms with Gasteiger partial charge in [0.1, 0.15) is 0 Å². The molecule has 0 bridgehead atoms. The van der Waals surface area contributed by atoms with Crippen LogP contribution in [0, 0.1) is 0 Å². The predicted octanol–water partition coefficient (Wildman–Crippen LogP) is 6.31. The monoisotopic (exact) mass is 509 g/mol. The van der Waals surface area contributed by atoms with Gasteiger partial charge < -0.3 is 9.04 Å². The Balaban J connectivity index is 0. The average molecular weight is 510 g/mol. The van der Waals surface area contributed by atoms with Crippen molar-refractivity contribution in [1.29, 1.82) is 0 Å². The van der Waals surface area contributed by atoms with Gasteiger partial charge in [-0.25, -0.2) is 32.7 Å². The summed E-state index contributed by atoms with van der Waals surface area (Å²) in [4.78, 5) is 0. The SMILES string of the molecule is CCCCCCCCCCCC[N+](C)(C)Cc1ccc[cH-]1.O=S(=O)([O-])O.[Fe+2].c1cc[cH-]c1. The van der Waals surface area contributed by atoms with Crippen molar-refractivity contribution < 1.29 is 39.1 Å². The van der Waals surface area contributed by atoms with Crippen LogP contribution >= 0.6 is 0 Å². The third-order valence-corrected chi connectivity index (χ3v) is 5.01. The fourth-order valence-electron chi connectivity index (χ4n) is 3.44. The van der Waals surface area contributed by atoms with Gasteiger partial charge in [-0.15, -0.1) is 5.56 Å². The quantitative estimate of drug-likeness (QED) is 0.0857. The van der Waals surface area contributed by atoms with Crippen LogP contribution in [0.1, 0.15) is 76.7 Å². The van der Waals surface area contributed by atoms with Crippen molar-refractivity contribution >= 4 is 10.4 Å². The molecular weight excluding hydrogens is 466 g/mol. The zero-order valence-corrected chi connectivity index (χ0v) is 22.0. The summed E-state index contributed by atoms with van der Waals surface area (Å²) in [5.41, 5.74) is 1.48. The van der Waals surface area contributed by atoms with Crippen LogP contribution in [-0.2, 0) is 34.0 Å². The van der Waals surface area contributed by atoms with Crippen LogP contribution in [-0.4, -0.2) is 42.6 Å². The molecule has 0 aromatic heterocycles. The zero-order valence-electron chi connectivity index (χ0n) is 20.1. The molecule has 0 heterocycles. The number of quaternary nitrogens is 1. The summed E-state index contributed by atoms with van der Waals surface area (Å²) in [5.74, 6) is 0. The standard InChI is InChI=1S/C20H37N.C5H5.Fe.H2O4S/c1-4-5-6-7-8-9-10-11-12-15-18-21(2,3)19-20-16-13-14-17-20;1-2-4-5-3-1;;1-5(2,3)4/h13-14,16-17H,4-12,15,18-19H2,1-3H3;1-5H;;(H2,1,2,3,4)/q;-1;+2;/p-1. The van der Waals surface area contributed by atoms with E-state index in [-0.39, 0.29) is 17.1 Å². The van der Waals surface area contributed by atoms with E-state index in [0.29, 0.717) is 0 Å². The summed E-state index contributed by atoms with van der Waals surface area (Å²) in [6.07, 6.45) is 14.3. The van der Waals surface area contributed by atoms with Crippen molar-refractivity contribution in [3.8, 4) is 0 Å². The molecule has 0 atom stereocenters. The number of unbranched alkanes of at least 4 members (excludes halogenated alkanes) is 9. The molecule has 0 saturated heterocycles. The minimum absolute atomic E-state index is 0. The molecule has 1 N–H and O–H groups in total. The van der Waals surface area contributed by atoms with Crippen molar-refractivity contribution in [3.05, 3.63) is 60.2 Å². The Morgan fingerprint density at radius 3 is 1.72 bits per heavy atom. The molecule has 0 aliphatic carbocycles. The maximum absolute atomic E-state index is 8.63. The summed E-state index contributed by atoms with van der Waals surface area (Å²) < 4.78 is 34.0. The average Bonchev–Trinajstić information content (AvgIpc) is 3.38. The Labute approximate surface area is 207 Å². The van der Waals surface area contributed by atoms with Crippen LogP contribution in [0.2, 0.25) is 0 Å². The van der Waals surface area contributed by atoms with Gasteiger partial charge in [0.25, 0.3) is 0 Å². The van der Waals surface area contributed by atoms with Crippen molar-refractivity contribution in [2.24, 2.45) is 0 Å². The van der Waals surface area contributed by atoms with E-state index in [1.807, 2.05) is 30.3 Å². The second-order valence-electron chi connectivity index (χ2n) is 8.68. The third-order valence-electron chi connectivity index (χ3n) is 5.01. The van der Waals surface area contributed by atoms with Gasteiger partial charge in [0.2, 0.25) is 10.4 Å². The van der Waals surface area contributed by atoms with Gasteiger partial charge in [-0.2, -0.15) is 30.3 Å².